The minimum Gasteiger partial charge on any atom is -0.726 e. The van der Waals surface area contributed by atoms with Crippen LogP contribution in [0.5, 0.6) is 0 Å². The summed E-state index contributed by atoms with van der Waals surface area (Å²) in [6, 6.07) is 0. The van der Waals surface area contributed by atoms with Crippen LogP contribution in [0.15, 0.2) is 17.1 Å². The van der Waals surface area contributed by atoms with Gasteiger partial charge in [-0.2, -0.15) is 0 Å². The summed E-state index contributed by atoms with van der Waals surface area (Å²) in [5.74, 6) is 1.04. The molecule has 32 heavy (non-hydrogen) atoms. The van der Waals surface area contributed by atoms with E-state index in [1.807, 2.05) is 6.92 Å². The average Bonchev–Trinajstić information content (AvgIpc) is 3.13. The van der Waals surface area contributed by atoms with Crippen molar-refractivity contribution in [3.8, 4) is 0 Å². The molecule has 0 saturated heterocycles. The van der Waals surface area contributed by atoms with Crippen molar-refractivity contribution in [3.05, 3.63) is 12.2 Å². The molecular weight excluding hydrogens is 428 g/mol. The Morgan fingerprint density at radius 2 is 1.47 bits per heavy atom. The van der Waals surface area contributed by atoms with E-state index in [4.69, 9.17) is 0 Å². The van der Waals surface area contributed by atoms with E-state index in [1.54, 1.807) is 0 Å². The molecule has 0 aromatic rings. The van der Waals surface area contributed by atoms with E-state index >= 15 is 0 Å². The fraction of sp³-hybridized carbons (Fsp3) is 0.875. The number of quaternary nitrogens is 1. The number of hydrogen-bond acceptors (Lipinski definition) is 6. The Labute approximate surface area is 197 Å². The van der Waals surface area contributed by atoms with Crippen LogP contribution in [0.4, 0.5) is 0 Å². The molecule has 0 spiro atoms. The Hall–Kier alpha value is -0.800. The van der Waals surface area contributed by atoms with E-state index in [1.165, 1.54) is 83.5 Å². The van der Waals surface area contributed by atoms with Gasteiger partial charge < -0.3 is 9.66 Å². The van der Waals surface area contributed by atoms with Gasteiger partial charge in [0.05, 0.1) is 20.7 Å². The van der Waals surface area contributed by atoms with Crippen LogP contribution in [0.25, 0.3) is 0 Å². The van der Waals surface area contributed by atoms with E-state index < -0.39 is 10.4 Å². The second-order valence-corrected chi connectivity index (χ2v) is 10.0. The number of unbranched alkanes of at least 4 members (excludes halogenated alkanes) is 13. The molecule has 0 aromatic carbocycles. The van der Waals surface area contributed by atoms with Crippen molar-refractivity contribution in [2.24, 2.45) is 4.99 Å². The highest BCUT2D eigenvalue weighted by Gasteiger charge is 2.36. The van der Waals surface area contributed by atoms with Crippen molar-refractivity contribution in [2.45, 2.75) is 110 Å². The summed E-state index contributed by atoms with van der Waals surface area (Å²) in [4.78, 5) is 4.56. The smallest absolute Gasteiger partial charge is 0.224 e. The molecule has 0 saturated carbocycles. The number of aliphatic hydroxyl groups is 1. The molecular formula is C24H48N2O5S. The summed E-state index contributed by atoms with van der Waals surface area (Å²) < 4.78 is 31.6. The topological polar surface area (TPSA) is 99.0 Å². The van der Waals surface area contributed by atoms with Crippen molar-refractivity contribution in [1.29, 1.82) is 0 Å². The second kappa shape index (κ2) is 18.6. The summed E-state index contributed by atoms with van der Waals surface area (Å²) in [5.41, 5.74) is 0. The largest absolute Gasteiger partial charge is 0.726 e. The summed E-state index contributed by atoms with van der Waals surface area (Å²) in [7, 11) is -1.53. The zero-order chi connectivity index (χ0) is 24.3. The lowest BCUT2D eigenvalue weighted by Gasteiger charge is -2.31. The highest BCUT2D eigenvalue weighted by Crippen LogP contribution is 2.17. The van der Waals surface area contributed by atoms with E-state index in [-0.39, 0.29) is 6.23 Å². The number of hydrogen-bond donors (Lipinski definition) is 1. The van der Waals surface area contributed by atoms with Gasteiger partial charge in [-0.15, -0.1) is 0 Å². The first-order valence-electron chi connectivity index (χ1n) is 12.4. The monoisotopic (exact) mass is 476 g/mol. The van der Waals surface area contributed by atoms with Gasteiger partial charge in [0.15, 0.2) is 6.23 Å². The van der Waals surface area contributed by atoms with Crippen molar-refractivity contribution in [1.82, 2.24) is 0 Å². The third-order valence-corrected chi connectivity index (χ3v) is 6.54. The Balaban J connectivity index is 0.00000140. The lowest BCUT2D eigenvalue weighted by atomic mass is 10.0. The molecule has 0 bridgehead atoms. The fourth-order valence-electron chi connectivity index (χ4n) is 3.72. The maximum Gasteiger partial charge on any atom is 0.224 e. The Morgan fingerprint density at radius 3 is 1.88 bits per heavy atom. The van der Waals surface area contributed by atoms with Crippen LogP contribution < -0.4 is 0 Å². The fourth-order valence-corrected chi connectivity index (χ4v) is 3.72. The van der Waals surface area contributed by atoms with Gasteiger partial charge >= 0.3 is 0 Å². The summed E-state index contributed by atoms with van der Waals surface area (Å²) in [5, 5.41) is 9.96. The number of likely N-dealkylation sites (N-methyl/N-ethyl adjacent to an activating group) is 1. The van der Waals surface area contributed by atoms with E-state index in [9.17, 15) is 18.1 Å². The van der Waals surface area contributed by atoms with Gasteiger partial charge in [-0.05, 0) is 12.8 Å². The Bertz CT molecular complexity index is 620. The van der Waals surface area contributed by atoms with Crippen LogP contribution in [0, 0.1) is 0 Å². The first-order valence-corrected chi connectivity index (χ1v) is 13.8. The van der Waals surface area contributed by atoms with Gasteiger partial charge in [0.1, 0.15) is 6.54 Å². The van der Waals surface area contributed by atoms with Gasteiger partial charge in [0, 0.05) is 13.0 Å². The highest BCUT2D eigenvalue weighted by molar-refractivity contribution is 7.80. The SMILES string of the molecule is CCCCCCCCCCCCCCCC=CC1=NCC[N+]1(C)C(C)O.COS(=O)(=O)[O-]. The molecule has 2 unspecified atom stereocenters. The first-order chi connectivity index (χ1) is 15.2. The molecule has 0 aliphatic carbocycles. The minimum absolute atomic E-state index is 0.378. The first kappa shape index (κ1) is 31.2. The molecule has 1 N–H and O–H groups in total. The van der Waals surface area contributed by atoms with Crippen LogP contribution in [0.1, 0.15) is 104 Å². The summed E-state index contributed by atoms with van der Waals surface area (Å²) in [6.07, 6.45) is 23.4. The lowest BCUT2D eigenvalue weighted by molar-refractivity contribution is -0.862. The van der Waals surface area contributed by atoms with Crippen molar-refractivity contribution in [2.75, 3.05) is 27.2 Å². The van der Waals surface area contributed by atoms with Crippen LogP contribution in [-0.2, 0) is 14.6 Å². The predicted octanol–water partition coefficient (Wildman–Crippen LogP) is 5.31. The third kappa shape index (κ3) is 15.9. The summed E-state index contributed by atoms with van der Waals surface area (Å²) in [6.45, 7) is 5.89. The van der Waals surface area contributed by atoms with Crippen LogP contribution in [0.3, 0.4) is 0 Å². The van der Waals surface area contributed by atoms with Crippen molar-refractivity contribution < 1.29 is 26.7 Å². The molecule has 1 heterocycles. The zero-order valence-electron chi connectivity index (χ0n) is 20.9. The number of amidine groups is 1. The molecule has 1 rings (SSSR count). The Morgan fingerprint density at radius 1 is 1.03 bits per heavy atom. The molecule has 7 nitrogen and oxygen atoms in total. The van der Waals surface area contributed by atoms with Crippen molar-refractivity contribution >= 4 is 16.2 Å². The van der Waals surface area contributed by atoms with Gasteiger partial charge in [-0.25, -0.2) is 13.4 Å². The molecule has 0 aromatic heterocycles. The normalized spacial score (nSPS) is 19.6. The van der Waals surface area contributed by atoms with E-state index in [0.29, 0.717) is 4.48 Å². The predicted molar refractivity (Wildman–Crippen MR) is 131 cm³/mol. The van der Waals surface area contributed by atoms with Gasteiger partial charge in [-0.3, -0.25) is 8.67 Å². The summed E-state index contributed by atoms with van der Waals surface area (Å²) >= 11 is 0. The molecule has 2 atom stereocenters. The van der Waals surface area contributed by atoms with Gasteiger partial charge in [0.25, 0.3) is 0 Å². The lowest BCUT2D eigenvalue weighted by Crippen LogP contribution is -2.52. The zero-order valence-corrected chi connectivity index (χ0v) is 21.7. The number of rotatable bonds is 17. The number of allylic oxidation sites excluding steroid dienone is 1. The molecule has 0 radical (unpaired) electrons. The Kier molecular flexibility index (Phi) is 18.1. The highest BCUT2D eigenvalue weighted by atomic mass is 32.3. The number of aliphatic hydroxyl groups excluding tert-OH is 1. The second-order valence-electron chi connectivity index (χ2n) is 8.87. The van der Waals surface area contributed by atoms with Crippen LogP contribution in [-0.4, -0.2) is 61.9 Å². The van der Waals surface area contributed by atoms with Gasteiger partial charge in [-0.1, -0.05) is 90.0 Å². The quantitative estimate of drug-likeness (QED) is 0.133. The van der Waals surface area contributed by atoms with Crippen LogP contribution in [0.2, 0.25) is 0 Å². The maximum absolute atomic E-state index is 9.96. The molecule has 0 amide bonds. The number of aliphatic imine (C=N–C) groups is 1. The maximum atomic E-state index is 9.96. The molecule has 1 aliphatic heterocycles. The number of nitrogens with zero attached hydrogens (tertiary/aromatic N) is 2. The van der Waals surface area contributed by atoms with Crippen LogP contribution >= 0.6 is 0 Å². The molecule has 0 fully saturated rings. The third-order valence-electron chi connectivity index (χ3n) is 6.13. The van der Waals surface area contributed by atoms with Gasteiger partial charge in [0.2, 0.25) is 16.2 Å². The molecule has 8 heteroatoms. The average molecular weight is 477 g/mol. The van der Waals surface area contributed by atoms with E-state index in [0.717, 1.165) is 32.5 Å². The molecule has 1 aliphatic rings. The van der Waals surface area contributed by atoms with Crippen molar-refractivity contribution in [3.63, 3.8) is 0 Å². The van der Waals surface area contributed by atoms with E-state index in [2.05, 4.69) is 35.3 Å². The molecule has 190 valence electrons. The standard InChI is InChI=1S/C23H45N2O.CH4O4S/c1-4-5-6-7-8-9-10-11-12-13-14-15-16-17-18-19-23-24-20-21-25(23,3)22(2)26;1-5-6(2,3)4/h18-19,22,26H,4-17,20-21H2,1-3H3;1H3,(H,2,3,4)/q+1;/p-1. The minimum atomic E-state index is -4.41.